The van der Waals surface area contributed by atoms with Crippen LogP contribution in [0.15, 0.2) is 48.5 Å². The number of carbonyl (C=O) groups is 4. The molecule has 2 aromatic rings. The lowest BCUT2D eigenvalue weighted by molar-refractivity contribution is -0.161. The molecule has 0 radical (unpaired) electrons. The predicted octanol–water partition coefficient (Wildman–Crippen LogP) is 3.19. The Hall–Kier alpha value is -3.48. The number of aliphatic carboxylic acids is 2. The average Bonchev–Trinajstić information content (AvgIpc) is 2.73. The van der Waals surface area contributed by atoms with Crippen molar-refractivity contribution in [2.75, 3.05) is 0 Å². The third-order valence-electron chi connectivity index (χ3n) is 5.61. The van der Waals surface area contributed by atoms with Gasteiger partial charge in [-0.15, -0.1) is 0 Å². The van der Waals surface area contributed by atoms with Crippen LogP contribution in [0, 0.1) is 30.6 Å². The Morgan fingerprint density at radius 2 is 1.37 bits per heavy atom. The van der Waals surface area contributed by atoms with Crippen LogP contribution in [0.25, 0.3) is 11.1 Å². The topological polar surface area (TPSA) is 118 Å². The summed E-state index contributed by atoms with van der Waals surface area (Å²) in [5, 5.41) is 18.8. The summed E-state index contributed by atoms with van der Waals surface area (Å²) in [5.74, 6) is -7.41. The maximum absolute atomic E-state index is 12.7. The van der Waals surface area contributed by atoms with Crippen molar-refractivity contribution in [3.63, 3.8) is 0 Å². The number of aldehydes is 1. The zero-order valence-corrected chi connectivity index (χ0v) is 16.4. The molecule has 1 aliphatic carbocycles. The molecular weight excluding hydrogens is 388 g/mol. The number of carboxylic acids is 2. The Morgan fingerprint density at radius 1 is 0.833 bits per heavy atom. The van der Waals surface area contributed by atoms with Crippen molar-refractivity contribution in [2.45, 2.75) is 19.8 Å². The maximum Gasteiger partial charge on any atom is 0.315 e. The van der Waals surface area contributed by atoms with Crippen molar-refractivity contribution in [1.82, 2.24) is 0 Å². The van der Waals surface area contributed by atoms with Crippen LogP contribution in [-0.4, -0.2) is 34.4 Å². The Balaban J connectivity index is 1.76. The molecule has 0 saturated heterocycles. The van der Waals surface area contributed by atoms with Crippen LogP contribution >= 0.6 is 0 Å². The smallest absolute Gasteiger partial charge is 0.315 e. The zero-order chi connectivity index (χ0) is 21.8. The molecule has 0 aliphatic heterocycles. The molecule has 0 heterocycles. The van der Waals surface area contributed by atoms with Gasteiger partial charge in [-0.05, 0) is 43.0 Å². The molecule has 1 fully saturated rings. The van der Waals surface area contributed by atoms with Gasteiger partial charge in [0, 0.05) is 5.92 Å². The highest BCUT2D eigenvalue weighted by atomic mass is 16.5. The third-order valence-corrected chi connectivity index (χ3v) is 5.61. The van der Waals surface area contributed by atoms with Crippen LogP contribution in [0.2, 0.25) is 0 Å². The van der Waals surface area contributed by atoms with E-state index in [1.807, 2.05) is 31.2 Å². The van der Waals surface area contributed by atoms with Crippen LogP contribution < -0.4 is 4.74 Å². The number of rotatable bonds is 6. The van der Waals surface area contributed by atoms with Crippen LogP contribution in [0.4, 0.5) is 0 Å². The molecule has 0 aromatic heterocycles. The molecule has 0 amide bonds. The molecule has 1 saturated carbocycles. The first-order valence-electron chi connectivity index (χ1n) is 9.60. The van der Waals surface area contributed by atoms with Crippen molar-refractivity contribution in [3.8, 4) is 16.9 Å². The molecule has 4 atom stereocenters. The van der Waals surface area contributed by atoms with E-state index in [2.05, 4.69) is 0 Å². The van der Waals surface area contributed by atoms with Gasteiger partial charge in [-0.3, -0.25) is 14.4 Å². The number of aryl methyl sites for hydroxylation is 1. The molecule has 7 nitrogen and oxygen atoms in total. The number of hydrogen-bond donors (Lipinski definition) is 2. The number of hydrogen-bond acceptors (Lipinski definition) is 5. The van der Waals surface area contributed by atoms with Crippen LogP contribution in [0.1, 0.15) is 18.4 Å². The van der Waals surface area contributed by atoms with Crippen LogP contribution in [-0.2, 0) is 19.2 Å². The van der Waals surface area contributed by atoms with Crippen molar-refractivity contribution in [3.05, 3.63) is 54.1 Å². The maximum atomic E-state index is 12.7. The first-order valence-corrected chi connectivity index (χ1v) is 9.60. The number of carboxylic acid groups (broad SMARTS) is 2. The standard InChI is InChI=1S/C23H22O7/c1-13-2-4-14(5-3-13)15-6-8-17(9-7-15)30-23(29)20-11-18(21(25)26)16(12-24)10-19(20)22(27)28/h2-9,12,16,18-20H,10-11H2,1H3,(H,25,26)(H,27,28). The molecule has 156 valence electrons. The van der Waals surface area contributed by atoms with Gasteiger partial charge in [0.05, 0.1) is 17.8 Å². The fraction of sp³-hybridized carbons (Fsp3) is 0.304. The summed E-state index contributed by atoms with van der Waals surface area (Å²) in [6.07, 6.45) is -0.00199. The van der Waals surface area contributed by atoms with Gasteiger partial charge in [0.1, 0.15) is 12.0 Å². The molecule has 0 spiro atoms. The summed E-state index contributed by atoms with van der Waals surface area (Å²) in [7, 11) is 0. The fourth-order valence-electron chi connectivity index (χ4n) is 3.86. The minimum Gasteiger partial charge on any atom is -0.481 e. The van der Waals surface area contributed by atoms with E-state index in [0.29, 0.717) is 6.29 Å². The molecule has 2 aromatic carbocycles. The monoisotopic (exact) mass is 410 g/mol. The van der Waals surface area contributed by atoms with Gasteiger partial charge in [-0.25, -0.2) is 0 Å². The van der Waals surface area contributed by atoms with Gasteiger partial charge in [0.2, 0.25) is 0 Å². The van der Waals surface area contributed by atoms with E-state index >= 15 is 0 Å². The number of benzene rings is 2. The summed E-state index contributed by atoms with van der Waals surface area (Å²) >= 11 is 0. The first kappa shape index (κ1) is 21.2. The van der Waals surface area contributed by atoms with Gasteiger partial charge < -0.3 is 19.7 Å². The summed E-state index contributed by atoms with van der Waals surface area (Å²) in [4.78, 5) is 47.0. The van der Waals surface area contributed by atoms with E-state index < -0.39 is 41.6 Å². The van der Waals surface area contributed by atoms with E-state index in [1.165, 1.54) is 0 Å². The quantitative estimate of drug-likeness (QED) is 0.426. The summed E-state index contributed by atoms with van der Waals surface area (Å²) in [6.45, 7) is 1.99. The van der Waals surface area contributed by atoms with Gasteiger partial charge in [-0.2, -0.15) is 0 Å². The second-order valence-corrected chi connectivity index (χ2v) is 7.58. The Labute approximate surface area is 173 Å². The van der Waals surface area contributed by atoms with Gasteiger partial charge in [0.15, 0.2) is 0 Å². The first-order chi connectivity index (χ1) is 14.3. The van der Waals surface area contributed by atoms with Crippen LogP contribution in [0.5, 0.6) is 5.75 Å². The normalized spacial score (nSPS) is 23.4. The average molecular weight is 410 g/mol. The Bertz CT molecular complexity index is 947. The van der Waals surface area contributed by atoms with Crippen molar-refractivity contribution in [1.29, 1.82) is 0 Å². The summed E-state index contributed by atoms with van der Waals surface area (Å²) in [6, 6.07) is 14.7. The second-order valence-electron chi connectivity index (χ2n) is 7.58. The fourth-order valence-corrected chi connectivity index (χ4v) is 3.86. The largest absolute Gasteiger partial charge is 0.481 e. The lowest BCUT2D eigenvalue weighted by Crippen LogP contribution is -2.44. The van der Waals surface area contributed by atoms with Gasteiger partial charge in [0.25, 0.3) is 0 Å². The van der Waals surface area contributed by atoms with Crippen molar-refractivity contribution >= 4 is 24.2 Å². The number of carbonyl (C=O) groups excluding carboxylic acids is 2. The Morgan fingerprint density at radius 3 is 1.87 bits per heavy atom. The highest BCUT2D eigenvalue weighted by molar-refractivity contribution is 5.85. The highest BCUT2D eigenvalue weighted by Gasteiger charge is 2.47. The van der Waals surface area contributed by atoms with Crippen LogP contribution in [0.3, 0.4) is 0 Å². The molecule has 1 aliphatic rings. The van der Waals surface area contributed by atoms with Crippen molar-refractivity contribution < 1.29 is 34.1 Å². The van der Waals surface area contributed by atoms with Gasteiger partial charge >= 0.3 is 17.9 Å². The summed E-state index contributed by atoms with van der Waals surface area (Å²) in [5.41, 5.74) is 3.07. The summed E-state index contributed by atoms with van der Waals surface area (Å²) < 4.78 is 5.36. The highest BCUT2D eigenvalue weighted by Crippen LogP contribution is 2.38. The van der Waals surface area contributed by atoms with E-state index in [0.717, 1.165) is 16.7 Å². The molecule has 2 N–H and O–H groups in total. The SMILES string of the molecule is Cc1ccc(-c2ccc(OC(=O)C3CC(C(=O)O)C(C=O)CC3C(=O)O)cc2)cc1. The molecule has 3 rings (SSSR count). The van der Waals surface area contributed by atoms with E-state index in [1.54, 1.807) is 24.3 Å². The van der Waals surface area contributed by atoms with E-state index in [9.17, 15) is 29.4 Å². The predicted molar refractivity (Wildman–Crippen MR) is 107 cm³/mol. The molecule has 7 heteroatoms. The lowest BCUT2D eigenvalue weighted by Gasteiger charge is -2.34. The Kier molecular flexibility index (Phi) is 6.30. The minimum absolute atomic E-state index is 0.206. The molecule has 4 unspecified atom stereocenters. The van der Waals surface area contributed by atoms with Gasteiger partial charge in [-0.1, -0.05) is 42.0 Å². The minimum atomic E-state index is -1.25. The zero-order valence-electron chi connectivity index (χ0n) is 16.4. The van der Waals surface area contributed by atoms with Crippen molar-refractivity contribution in [2.24, 2.45) is 23.7 Å². The third kappa shape index (κ3) is 4.56. The number of esters is 1. The molecular formula is C23H22O7. The number of ether oxygens (including phenoxy) is 1. The second kappa shape index (κ2) is 8.90. The lowest BCUT2D eigenvalue weighted by atomic mass is 9.68. The van der Waals surface area contributed by atoms with E-state index in [-0.39, 0.29) is 18.6 Å². The van der Waals surface area contributed by atoms with E-state index in [4.69, 9.17) is 4.74 Å². The molecule has 30 heavy (non-hydrogen) atoms. The molecule has 0 bridgehead atoms.